The molecule has 0 radical (unpaired) electrons. The van der Waals surface area contributed by atoms with Crippen molar-refractivity contribution >= 4 is 0 Å². The van der Waals surface area contributed by atoms with Crippen molar-refractivity contribution in [2.75, 3.05) is 13.1 Å². The minimum atomic E-state index is 0.393. The van der Waals surface area contributed by atoms with E-state index in [0.717, 1.165) is 12.6 Å². The molecule has 84 valence electrons. The van der Waals surface area contributed by atoms with Crippen molar-refractivity contribution < 1.29 is 0 Å². The van der Waals surface area contributed by atoms with Gasteiger partial charge in [0.25, 0.3) is 0 Å². The fourth-order valence-electron chi connectivity index (χ4n) is 2.55. The summed E-state index contributed by atoms with van der Waals surface area (Å²) in [5.41, 5.74) is 6.16. The fraction of sp³-hybridized carbons (Fsp3) is 1.00. The molecule has 1 aliphatic rings. The lowest BCUT2D eigenvalue weighted by atomic mass is 9.80. The second-order valence-electron chi connectivity index (χ2n) is 5.70. The van der Waals surface area contributed by atoms with Gasteiger partial charge in [-0.25, -0.2) is 0 Å². The molecule has 0 saturated carbocycles. The molecule has 1 heterocycles. The number of piperidine rings is 1. The summed E-state index contributed by atoms with van der Waals surface area (Å²) in [5.74, 6) is 0. The molecule has 0 aromatic heterocycles. The summed E-state index contributed by atoms with van der Waals surface area (Å²) in [7, 11) is 0. The Morgan fingerprint density at radius 2 is 2.00 bits per heavy atom. The SMILES string of the molecule is CC(CN)N1CCCCC1C(C)(C)C. The van der Waals surface area contributed by atoms with Gasteiger partial charge in [0.15, 0.2) is 0 Å². The molecule has 1 saturated heterocycles. The van der Waals surface area contributed by atoms with Crippen molar-refractivity contribution in [1.29, 1.82) is 0 Å². The standard InChI is InChI=1S/C12H26N2/c1-10(9-13)14-8-6-5-7-11(14)12(2,3)4/h10-11H,5-9,13H2,1-4H3. The van der Waals surface area contributed by atoms with Crippen LogP contribution < -0.4 is 5.73 Å². The van der Waals surface area contributed by atoms with Gasteiger partial charge in [-0.05, 0) is 31.7 Å². The van der Waals surface area contributed by atoms with Gasteiger partial charge in [0.1, 0.15) is 0 Å². The van der Waals surface area contributed by atoms with Crippen LogP contribution in [0.5, 0.6) is 0 Å². The number of hydrogen-bond donors (Lipinski definition) is 1. The van der Waals surface area contributed by atoms with E-state index < -0.39 is 0 Å². The summed E-state index contributed by atoms with van der Waals surface area (Å²) >= 11 is 0. The molecule has 1 rings (SSSR count). The summed E-state index contributed by atoms with van der Waals surface area (Å²) < 4.78 is 0. The molecule has 2 unspecified atom stereocenters. The summed E-state index contributed by atoms with van der Waals surface area (Å²) in [4.78, 5) is 2.61. The molecule has 14 heavy (non-hydrogen) atoms. The van der Waals surface area contributed by atoms with Gasteiger partial charge < -0.3 is 5.73 Å². The van der Waals surface area contributed by atoms with Crippen LogP contribution in [0.3, 0.4) is 0 Å². The number of rotatable bonds is 2. The highest BCUT2D eigenvalue weighted by Gasteiger charge is 2.34. The molecule has 2 heteroatoms. The molecule has 0 amide bonds. The first-order valence-corrected chi connectivity index (χ1v) is 5.92. The monoisotopic (exact) mass is 198 g/mol. The Labute approximate surface area is 88.8 Å². The molecule has 1 aliphatic heterocycles. The quantitative estimate of drug-likeness (QED) is 0.737. The van der Waals surface area contributed by atoms with Crippen LogP contribution in [0, 0.1) is 5.41 Å². The van der Waals surface area contributed by atoms with Gasteiger partial charge in [-0.1, -0.05) is 27.2 Å². The van der Waals surface area contributed by atoms with E-state index >= 15 is 0 Å². The van der Waals surface area contributed by atoms with Gasteiger partial charge in [-0.2, -0.15) is 0 Å². The maximum atomic E-state index is 5.77. The number of nitrogens with zero attached hydrogens (tertiary/aromatic N) is 1. The predicted molar refractivity (Wildman–Crippen MR) is 62.3 cm³/mol. The first-order chi connectivity index (χ1) is 6.46. The van der Waals surface area contributed by atoms with E-state index in [1.807, 2.05) is 0 Å². The second kappa shape index (κ2) is 4.63. The third-order valence-corrected chi connectivity index (χ3v) is 3.45. The average molecular weight is 198 g/mol. The minimum Gasteiger partial charge on any atom is -0.329 e. The van der Waals surface area contributed by atoms with Crippen molar-refractivity contribution in [1.82, 2.24) is 4.90 Å². The number of likely N-dealkylation sites (tertiary alicyclic amines) is 1. The van der Waals surface area contributed by atoms with Crippen LogP contribution in [0.4, 0.5) is 0 Å². The zero-order valence-electron chi connectivity index (χ0n) is 10.2. The van der Waals surface area contributed by atoms with Gasteiger partial charge in [-0.3, -0.25) is 4.90 Å². The molecular formula is C12H26N2. The summed E-state index contributed by atoms with van der Waals surface area (Å²) in [6.45, 7) is 11.3. The molecule has 0 bridgehead atoms. The first-order valence-electron chi connectivity index (χ1n) is 5.92. The molecule has 1 fully saturated rings. The number of nitrogens with two attached hydrogens (primary N) is 1. The van der Waals surface area contributed by atoms with E-state index in [-0.39, 0.29) is 0 Å². The minimum absolute atomic E-state index is 0.393. The Balaban J connectivity index is 2.69. The normalized spacial score (nSPS) is 27.6. The Morgan fingerprint density at radius 1 is 1.36 bits per heavy atom. The smallest absolute Gasteiger partial charge is 0.0193 e. The van der Waals surface area contributed by atoms with Gasteiger partial charge in [-0.15, -0.1) is 0 Å². The van der Waals surface area contributed by atoms with Gasteiger partial charge in [0, 0.05) is 18.6 Å². The lowest BCUT2D eigenvalue weighted by molar-refractivity contribution is 0.0358. The van der Waals surface area contributed by atoms with E-state index in [0.29, 0.717) is 11.5 Å². The van der Waals surface area contributed by atoms with E-state index in [9.17, 15) is 0 Å². The molecule has 0 spiro atoms. The summed E-state index contributed by atoms with van der Waals surface area (Å²) in [5, 5.41) is 0. The highest BCUT2D eigenvalue weighted by Crippen LogP contribution is 2.32. The van der Waals surface area contributed by atoms with Crippen LogP contribution in [0.15, 0.2) is 0 Å². The van der Waals surface area contributed by atoms with Gasteiger partial charge in [0.05, 0.1) is 0 Å². The largest absolute Gasteiger partial charge is 0.329 e. The van der Waals surface area contributed by atoms with E-state index in [4.69, 9.17) is 5.73 Å². The van der Waals surface area contributed by atoms with Crippen molar-refractivity contribution in [2.24, 2.45) is 11.1 Å². The van der Waals surface area contributed by atoms with Crippen LogP contribution in [0.25, 0.3) is 0 Å². The topological polar surface area (TPSA) is 29.3 Å². The lowest BCUT2D eigenvalue weighted by Crippen LogP contribution is -2.53. The van der Waals surface area contributed by atoms with E-state index in [1.54, 1.807) is 0 Å². The zero-order chi connectivity index (χ0) is 10.8. The van der Waals surface area contributed by atoms with Crippen molar-refractivity contribution in [3.8, 4) is 0 Å². The maximum absolute atomic E-state index is 5.77. The van der Waals surface area contributed by atoms with Crippen LogP contribution in [-0.2, 0) is 0 Å². The zero-order valence-corrected chi connectivity index (χ0v) is 10.2. The van der Waals surface area contributed by atoms with Crippen LogP contribution in [0.1, 0.15) is 47.0 Å². The Hall–Kier alpha value is -0.0800. The lowest BCUT2D eigenvalue weighted by Gasteiger charge is -2.46. The average Bonchev–Trinajstić information content (AvgIpc) is 2.15. The molecular weight excluding hydrogens is 172 g/mol. The predicted octanol–water partition coefficient (Wildman–Crippen LogP) is 2.23. The van der Waals surface area contributed by atoms with Gasteiger partial charge in [0.2, 0.25) is 0 Å². The van der Waals surface area contributed by atoms with E-state index in [1.165, 1.54) is 25.8 Å². The fourth-order valence-corrected chi connectivity index (χ4v) is 2.55. The Kier molecular flexibility index (Phi) is 3.96. The molecule has 0 aromatic carbocycles. The molecule has 2 nitrogen and oxygen atoms in total. The second-order valence-corrected chi connectivity index (χ2v) is 5.70. The molecule has 0 aromatic rings. The highest BCUT2D eigenvalue weighted by atomic mass is 15.2. The molecule has 2 atom stereocenters. The van der Waals surface area contributed by atoms with Crippen molar-refractivity contribution in [2.45, 2.75) is 59.0 Å². The van der Waals surface area contributed by atoms with Crippen LogP contribution >= 0.6 is 0 Å². The highest BCUT2D eigenvalue weighted by molar-refractivity contribution is 4.88. The molecule has 0 aliphatic carbocycles. The van der Waals surface area contributed by atoms with Crippen LogP contribution in [-0.4, -0.2) is 30.1 Å². The Morgan fingerprint density at radius 3 is 2.50 bits per heavy atom. The number of hydrogen-bond acceptors (Lipinski definition) is 2. The van der Waals surface area contributed by atoms with Crippen LogP contribution in [0.2, 0.25) is 0 Å². The Bertz CT molecular complexity index is 172. The van der Waals surface area contributed by atoms with E-state index in [2.05, 4.69) is 32.6 Å². The van der Waals surface area contributed by atoms with Crippen molar-refractivity contribution in [3.05, 3.63) is 0 Å². The third kappa shape index (κ3) is 2.71. The van der Waals surface area contributed by atoms with Gasteiger partial charge >= 0.3 is 0 Å². The summed E-state index contributed by atoms with van der Waals surface area (Å²) in [6, 6.07) is 1.26. The third-order valence-electron chi connectivity index (χ3n) is 3.45. The maximum Gasteiger partial charge on any atom is 0.0193 e. The summed E-state index contributed by atoms with van der Waals surface area (Å²) in [6.07, 6.45) is 4.07. The first kappa shape index (κ1) is 12.0. The van der Waals surface area contributed by atoms with Crippen molar-refractivity contribution in [3.63, 3.8) is 0 Å². The molecule has 2 N–H and O–H groups in total.